The van der Waals surface area contributed by atoms with Gasteiger partial charge in [-0.2, -0.15) is 0 Å². The van der Waals surface area contributed by atoms with Gasteiger partial charge in [0.2, 0.25) is 5.91 Å². The molecule has 6 nitrogen and oxygen atoms in total. The number of furan rings is 1. The summed E-state index contributed by atoms with van der Waals surface area (Å²) in [5.41, 5.74) is 0.546. The number of hydrogen-bond donors (Lipinski definition) is 3. The molecule has 0 bridgehead atoms. The van der Waals surface area contributed by atoms with Crippen molar-refractivity contribution in [2.24, 2.45) is 0 Å². The van der Waals surface area contributed by atoms with Crippen LogP contribution >= 0.6 is 11.6 Å². The molecule has 0 saturated carbocycles. The maximum Gasteiger partial charge on any atom is 0.305 e. The van der Waals surface area contributed by atoms with E-state index < -0.39 is 17.9 Å². The number of carboxylic acids is 1. The summed E-state index contributed by atoms with van der Waals surface area (Å²) in [4.78, 5) is 23.1. The number of hydrogen-bond acceptors (Lipinski definition) is 4. The fourth-order valence-electron chi connectivity index (χ4n) is 1.83. The fourth-order valence-corrected chi connectivity index (χ4v) is 1.96. The number of benzene rings is 1. The summed E-state index contributed by atoms with van der Waals surface area (Å²) < 4.78 is 5.14. The third kappa shape index (κ3) is 4.91. The van der Waals surface area contributed by atoms with Gasteiger partial charge in [-0.15, -0.1) is 0 Å². The number of anilines is 1. The summed E-state index contributed by atoms with van der Waals surface area (Å²) in [7, 11) is 0. The van der Waals surface area contributed by atoms with E-state index in [4.69, 9.17) is 21.1 Å². The number of nitrogens with one attached hydrogen (secondary N) is 2. The second-order valence-corrected chi connectivity index (χ2v) is 5.04. The second kappa shape index (κ2) is 7.63. The van der Waals surface area contributed by atoms with Crippen molar-refractivity contribution in [3.63, 3.8) is 0 Å². The first-order chi connectivity index (χ1) is 10.5. The number of amides is 1. The van der Waals surface area contributed by atoms with Crippen LogP contribution in [0.5, 0.6) is 0 Å². The lowest BCUT2D eigenvalue weighted by Crippen LogP contribution is -2.41. The van der Waals surface area contributed by atoms with Crippen molar-refractivity contribution < 1.29 is 19.1 Å². The summed E-state index contributed by atoms with van der Waals surface area (Å²) in [5, 5.41) is 15.0. The number of rotatable bonds is 7. The summed E-state index contributed by atoms with van der Waals surface area (Å²) >= 11 is 5.77. The van der Waals surface area contributed by atoms with E-state index in [2.05, 4.69) is 10.6 Å². The van der Waals surface area contributed by atoms with Gasteiger partial charge in [-0.3, -0.25) is 14.9 Å². The van der Waals surface area contributed by atoms with E-state index >= 15 is 0 Å². The molecular formula is C15H15ClN2O4. The van der Waals surface area contributed by atoms with Crippen LogP contribution in [-0.4, -0.2) is 23.0 Å². The second-order valence-electron chi connectivity index (χ2n) is 4.61. The predicted octanol–water partition coefficient (Wildman–Crippen LogP) is 2.50. The Morgan fingerprint density at radius 3 is 2.55 bits per heavy atom. The highest BCUT2D eigenvalue weighted by molar-refractivity contribution is 6.30. The van der Waals surface area contributed by atoms with Gasteiger partial charge in [0, 0.05) is 10.7 Å². The molecule has 0 spiro atoms. The minimum atomic E-state index is -1.07. The number of carbonyl (C=O) groups is 2. The van der Waals surface area contributed by atoms with Gasteiger partial charge < -0.3 is 14.8 Å². The van der Waals surface area contributed by atoms with Crippen LogP contribution in [0, 0.1) is 0 Å². The van der Waals surface area contributed by atoms with E-state index in [-0.39, 0.29) is 13.0 Å². The smallest absolute Gasteiger partial charge is 0.305 e. The monoisotopic (exact) mass is 322 g/mol. The minimum Gasteiger partial charge on any atom is -0.481 e. The maximum absolute atomic E-state index is 12.2. The molecule has 0 unspecified atom stereocenters. The average molecular weight is 323 g/mol. The van der Waals surface area contributed by atoms with E-state index in [1.165, 1.54) is 6.26 Å². The van der Waals surface area contributed by atoms with Crippen LogP contribution in [0.2, 0.25) is 5.02 Å². The summed E-state index contributed by atoms with van der Waals surface area (Å²) in [6.45, 7) is 0.263. The van der Waals surface area contributed by atoms with Crippen LogP contribution in [-0.2, 0) is 16.1 Å². The Morgan fingerprint density at radius 2 is 1.95 bits per heavy atom. The van der Waals surface area contributed by atoms with Crippen LogP contribution in [0.3, 0.4) is 0 Å². The van der Waals surface area contributed by atoms with Gasteiger partial charge in [0.1, 0.15) is 5.76 Å². The number of carbonyl (C=O) groups excluding carboxylic acids is 1. The van der Waals surface area contributed by atoms with Gasteiger partial charge in [-0.1, -0.05) is 11.6 Å². The standard InChI is InChI=1S/C15H15ClN2O4/c16-10-3-5-11(6-4-10)18-15(21)13(8-14(19)20)17-9-12-2-1-7-22-12/h1-7,13,17H,8-9H2,(H,18,21)(H,19,20)/t13-/m0/s1. The van der Waals surface area contributed by atoms with Gasteiger partial charge >= 0.3 is 5.97 Å². The lowest BCUT2D eigenvalue weighted by molar-refractivity contribution is -0.139. The van der Waals surface area contributed by atoms with Gasteiger partial charge in [-0.05, 0) is 36.4 Å². The molecule has 3 N–H and O–H groups in total. The minimum absolute atomic E-state index is 0.263. The molecule has 0 fully saturated rings. The number of carboxylic acid groups (broad SMARTS) is 1. The molecule has 1 aromatic heterocycles. The van der Waals surface area contributed by atoms with Crippen LogP contribution in [0.4, 0.5) is 5.69 Å². The molecule has 1 atom stereocenters. The van der Waals surface area contributed by atoms with Crippen LogP contribution < -0.4 is 10.6 Å². The molecule has 0 aliphatic rings. The van der Waals surface area contributed by atoms with Crippen molar-refractivity contribution >= 4 is 29.2 Å². The summed E-state index contributed by atoms with van der Waals surface area (Å²) in [6.07, 6.45) is 1.18. The third-order valence-corrected chi connectivity index (χ3v) is 3.16. The van der Waals surface area contributed by atoms with Gasteiger partial charge in [0.15, 0.2) is 0 Å². The first kappa shape index (κ1) is 16.1. The maximum atomic E-state index is 12.2. The molecular weight excluding hydrogens is 308 g/mol. The lowest BCUT2D eigenvalue weighted by atomic mass is 10.1. The van der Waals surface area contributed by atoms with E-state index in [1.807, 2.05) is 0 Å². The Labute approximate surface area is 132 Å². The van der Waals surface area contributed by atoms with Crippen LogP contribution in [0.25, 0.3) is 0 Å². The van der Waals surface area contributed by atoms with Crippen LogP contribution in [0.15, 0.2) is 47.1 Å². The van der Waals surface area contributed by atoms with Crippen molar-refractivity contribution in [1.82, 2.24) is 5.32 Å². The van der Waals surface area contributed by atoms with E-state index in [0.29, 0.717) is 16.5 Å². The predicted molar refractivity (Wildman–Crippen MR) is 81.7 cm³/mol. The molecule has 0 aliphatic heterocycles. The van der Waals surface area contributed by atoms with Crippen LogP contribution in [0.1, 0.15) is 12.2 Å². The van der Waals surface area contributed by atoms with Crippen molar-refractivity contribution in [3.8, 4) is 0 Å². The third-order valence-electron chi connectivity index (χ3n) is 2.91. The average Bonchev–Trinajstić information content (AvgIpc) is 2.98. The molecule has 7 heteroatoms. The summed E-state index contributed by atoms with van der Waals surface area (Å²) in [5.74, 6) is -0.880. The molecule has 0 saturated heterocycles. The largest absolute Gasteiger partial charge is 0.481 e. The Balaban J connectivity index is 1.98. The lowest BCUT2D eigenvalue weighted by Gasteiger charge is -2.16. The Hall–Kier alpha value is -2.31. The zero-order valence-corrected chi connectivity index (χ0v) is 12.3. The fraction of sp³-hybridized carbons (Fsp3) is 0.200. The Morgan fingerprint density at radius 1 is 1.23 bits per heavy atom. The highest BCUT2D eigenvalue weighted by Crippen LogP contribution is 2.14. The highest BCUT2D eigenvalue weighted by Gasteiger charge is 2.21. The van der Waals surface area contributed by atoms with E-state index in [1.54, 1.807) is 36.4 Å². The summed E-state index contributed by atoms with van der Waals surface area (Å²) in [6, 6.07) is 9.14. The van der Waals surface area contributed by atoms with Gasteiger partial charge in [0.05, 0.1) is 25.3 Å². The molecule has 22 heavy (non-hydrogen) atoms. The van der Waals surface area contributed by atoms with Crippen molar-refractivity contribution in [1.29, 1.82) is 0 Å². The molecule has 116 valence electrons. The molecule has 2 aromatic rings. The van der Waals surface area contributed by atoms with Gasteiger partial charge in [-0.25, -0.2) is 0 Å². The first-order valence-electron chi connectivity index (χ1n) is 6.58. The number of halogens is 1. The highest BCUT2D eigenvalue weighted by atomic mass is 35.5. The zero-order chi connectivity index (χ0) is 15.9. The first-order valence-corrected chi connectivity index (χ1v) is 6.96. The quantitative estimate of drug-likeness (QED) is 0.728. The van der Waals surface area contributed by atoms with Gasteiger partial charge in [0.25, 0.3) is 0 Å². The molecule has 2 rings (SSSR count). The van der Waals surface area contributed by atoms with Crippen molar-refractivity contribution in [3.05, 3.63) is 53.4 Å². The molecule has 1 heterocycles. The SMILES string of the molecule is O=C(O)C[C@H](NCc1ccco1)C(=O)Nc1ccc(Cl)cc1. The topological polar surface area (TPSA) is 91.6 Å². The molecule has 1 aromatic carbocycles. The molecule has 0 radical (unpaired) electrons. The Kier molecular flexibility index (Phi) is 5.57. The zero-order valence-electron chi connectivity index (χ0n) is 11.6. The van der Waals surface area contributed by atoms with E-state index in [9.17, 15) is 9.59 Å². The number of aliphatic carboxylic acids is 1. The van der Waals surface area contributed by atoms with Crippen molar-refractivity contribution in [2.45, 2.75) is 19.0 Å². The molecule has 1 amide bonds. The molecule has 0 aliphatic carbocycles. The normalized spacial score (nSPS) is 11.9. The Bertz CT molecular complexity index is 626. The van der Waals surface area contributed by atoms with Crippen molar-refractivity contribution in [2.75, 3.05) is 5.32 Å². The van der Waals surface area contributed by atoms with E-state index in [0.717, 1.165) is 0 Å².